The lowest BCUT2D eigenvalue weighted by molar-refractivity contribution is -0.421. The van der Waals surface area contributed by atoms with Crippen LogP contribution in [0.25, 0.3) is 0 Å². The molecule has 0 rings (SSSR count). The highest BCUT2D eigenvalue weighted by atomic mass is 16.6. The van der Waals surface area contributed by atoms with Crippen molar-refractivity contribution in [2.45, 2.75) is 0 Å². The van der Waals surface area contributed by atoms with Gasteiger partial charge in [0.15, 0.2) is 6.61 Å². The van der Waals surface area contributed by atoms with E-state index in [0.29, 0.717) is 0 Å². The van der Waals surface area contributed by atoms with Gasteiger partial charge in [-0.25, -0.2) is 4.79 Å². The van der Waals surface area contributed by atoms with Crippen LogP contribution >= 0.6 is 0 Å². The van der Waals surface area contributed by atoms with Crippen molar-refractivity contribution in [2.24, 2.45) is 0 Å². The quantitative estimate of drug-likeness (QED) is 0.271. The number of hydrogen-bond acceptors (Lipinski definition) is 4. The average molecular weight is 134 g/mol. The molecule has 0 amide bonds. The molecular weight excluding hydrogens is 126 g/mol. The summed E-state index contributed by atoms with van der Waals surface area (Å²) in [5.41, 5.74) is 3.25. The van der Waals surface area contributed by atoms with E-state index in [1.165, 1.54) is 0 Å². The van der Waals surface area contributed by atoms with Crippen molar-refractivity contribution in [1.29, 1.82) is 0 Å². The maximum absolute atomic E-state index is 10.3. The third kappa shape index (κ3) is 4.76. The molecule has 0 aliphatic carbocycles. The Bertz CT molecular complexity index is 103. The first kappa shape index (κ1) is 7.90. The van der Waals surface area contributed by atoms with Crippen LogP contribution in [0.15, 0.2) is 0 Å². The van der Waals surface area contributed by atoms with Crippen LogP contribution < -0.4 is 5.73 Å². The van der Waals surface area contributed by atoms with Crippen molar-refractivity contribution in [2.75, 3.05) is 13.3 Å². The minimum atomic E-state index is -0.586. The fourth-order valence-electron chi connectivity index (χ4n) is 0.258. The molecule has 0 radical (unpaired) electrons. The molecule has 0 aromatic rings. The van der Waals surface area contributed by atoms with Gasteiger partial charge in [0, 0.05) is 0 Å². The molecule has 0 saturated heterocycles. The Morgan fingerprint density at radius 2 is 2.33 bits per heavy atom. The number of carbonyl (C=O) groups is 2. The van der Waals surface area contributed by atoms with E-state index in [0.717, 1.165) is 0 Å². The zero-order chi connectivity index (χ0) is 7.11. The zero-order valence-electron chi connectivity index (χ0n) is 4.83. The summed E-state index contributed by atoms with van der Waals surface area (Å²) in [6.07, 6.45) is 0. The highest BCUT2D eigenvalue weighted by molar-refractivity contribution is 5.71. The Kier molecular flexibility index (Phi) is 4.43. The summed E-state index contributed by atoms with van der Waals surface area (Å²) < 4.78 is 8.37. The smallest absolute Gasteiger partial charge is 0.348 e. The maximum atomic E-state index is 10.3. The first-order chi connectivity index (χ1) is 4.31. The van der Waals surface area contributed by atoms with E-state index < -0.39 is 5.97 Å². The predicted molar refractivity (Wildman–Crippen MR) is 25.9 cm³/mol. The Balaban J connectivity index is 3.16. The number of esters is 1. The molecule has 0 heterocycles. The average Bonchev–Trinajstić information content (AvgIpc) is 1.85. The van der Waals surface area contributed by atoms with Gasteiger partial charge in [-0.15, -0.1) is 0 Å². The molecular formula is C4H8NO4+. The lowest BCUT2D eigenvalue weighted by Crippen LogP contribution is -2.52. The topological polar surface area (TPSA) is 80.2 Å². The van der Waals surface area contributed by atoms with Crippen LogP contribution in [-0.4, -0.2) is 25.8 Å². The molecule has 0 atom stereocenters. The molecule has 3 N–H and O–H groups in total. The summed E-state index contributed by atoms with van der Waals surface area (Å²) >= 11 is 0. The molecule has 52 valence electrons. The predicted octanol–water partition coefficient (Wildman–Crippen LogP) is -2.10. The van der Waals surface area contributed by atoms with Crippen molar-refractivity contribution in [1.82, 2.24) is 0 Å². The number of rotatable bonds is 4. The number of carbonyl (C=O) groups excluding carboxylic acids is 2. The zero-order valence-corrected chi connectivity index (χ0v) is 4.83. The molecule has 5 heteroatoms. The summed E-state index contributed by atoms with van der Waals surface area (Å²) in [6, 6.07) is 0. The molecule has 9 heavy (non-hydrogen) atoms. The molecule has 0 aliphatic heterocycles. The Hall–Kier alpha value is -1.10. The molecule has 0 saturated carbocycles. The standard InChI is InChI=1S/C4H7NO4/c5-2-9-4(7)1-8-3-6/h3H,1-2,5H2/p+1. The van der Waals surface area contributed by atoms with Crippen molar-refractivity contribution < 1.29 is 24.8 Å². The number of quaternary nitrogens is 1. The van der Waals surface area contributed by atoms with Gasteiger partial charge < -0.3 is 15.2 Å². The second-order valence-electron chi connectivity index (χ2n) is 1.13. The van der Waals surface area contributed by atoms with Gasteiger partial charge in [0.25, 0.3) is 6.47 Å². The van der Waals surface area contributed by atoms with Crippen molar-refractivity contribution in [3.63, 3.8) is 0 Å². The van der Waals surface area contributed by atoms with Gasteiger partial charge in [-0.3, -0.25) is 4.79 Å². The van der Waals surface area contributed by atoms with Crippen LogP contribution in [0, 0.1) is 0 Å². The molecule has 0 aromatic heterocycles. The molecule has 0 aromatic carbocycles. The minimum absolute atomic E-state index is 0.0566. The van der Waals surface area contributed by atoms with Crippen LogP contribution in [0.1, 0.15) is 0 Å². The van der Waals surface area contributed by atoms with Crippen molar-refractivity contribution in [3.05, 3.63) is 0 Å². The monoisotopic (exact) mass is 134 g/mol. The largest absolute Gasteiger partial charge is 0.456 e. The Morgan fingerprint density at radius 3 is 2.78 bits per heavy atom. The van der Waals surface area contributed by atoms with Gasteiger partial charge in [0.2, 0.25) is 6.73 Å². The van der Waals surface area contributed by atoms with Crippen LogP contribution in [0.2, 0.25) is 0 Å². The SMILES string of the molecule is [NH3+]COC(=O)COC=O. The molecule has 0 spiro atoms. The highest BCUT2D eigenvalue weighted by Crippen LogP contribution is 1.73. The van der Waals surface area contributed by atoms with Gasteiger partial charge in [0.05, 0.1) is 0 Å². The summed E-state index contributed by atoms with van der Waals surface area (Å²) in [6.45, 7) is -0.0928. The summed E-state index contributed by atoms with van der Waals surface area (Å²) in [7, 11) is 0. The van der Waals surface area contributed by atoms with Crippen LogP contribution in [0.4, 0.5) is 0 Å². The molecule has 0 bridgehead atoms. The lowest BCUT2D eigenvalue weighted by atomic mass is 10.7. The van der Waals surface area contributed by atoms with Crippen LogP contribution in [0.5, 0.6) is 0 Å². The van der Waals surface area contributed by atoms with Gasteiger partial charge in [0.1, 0.15) is 0 Å². The van der Waals surface area contributed by atoms with Crippen molar-refractivity contribution >= 4 is 12.4 Å². The molecule has 0 aliphatic rings. The Morgan fingerprint density at radius 1 is 1.67 bits per heavy atom. The lowest BCUT2D eigenvalue weighted by Gasteiger charge is -1.95. The fourth-order valence-corrected chi connectivity index (χ4v) is 0.258. The van der Waals surface area contributed by atoms with E-state index in [-0.39, 0.29) is 19.8 Å². The number of hydrogen-bond donors (Lipinski definition) is 1. The fraction of sp³-hybridized carbons (Fsp3) is 0.500. The molecule has 5 nitrogen and oxygen atoms in total. The van der Waals surface area contributed by atoms with Crippen LogP contribution in [0.3, 0.4) is 0 Å². The third-order valence-corrected chi connectivity index (χ3v) is 0.532. The van der Waals surface area contributed by atoms with Crippen LogP contribution in [-0.2, 0) is 19.1 Å². The van der Waals surface area contributed by atoms with Gasteiger partial charge in [-0.05, 0) is 0 Å². The second-order valence-corrected chi connectivity index (χ2v) is 1.13. The van der Waals surface area contributed by atoms with E-state index in [1.54, 1.807) is 0 Å². The highest BCUT2D eigenvalue weighted by Gasteiger charge is 1.99. The van der Waals surface area contributed by atoms with Crippen molar-refractivity contribution in [3.8, 4) is 0 Å². The normalized spacial score (nSPS) is 8.11. The van der Waals surface area contributed by atoms with Gasteiger partial charge in [-0.2, -0.15) is 0 Å². The minimum Gasteiger partial charge on any atom is -0.456 e. The van der Waals surface area contributed by atoms with E-state index in [9.17, 15) is 9.59 Å². The summed E-state index contributed by atoms with van der Waals surface area (Å²) in [4.78, 5) is 19.7. The van der Waals surface area contributed by atoms with Gasteiger partial charge in [-0.1, -0.05) is 0 Å². The molecule has 0 fully saturated rings. The second kappa shape index (κ2) is 5.04. The third-order valence-electron chi connectivity index (χ3n) is 0.532. The van der Waals surface area contributed by atoms with E-state index in [4.69, 9.17) is 0 Å². The van der Waals surface area contributed by atoms with E-state index in [2.05, 4.69) is 15.2 Å². The summed E-state index contributed by atoms with van der Waals surface area (Å²) in [5, 5.41) is 0. The first-order valence-electron chi connectivity index (χ1n) is 2.31. The summed E-state index contributed by atoms with van der Waals surface area (Å²) in [5.74, 6) is -0.586. The maximum Gasteiger partial charge on any atom is 0.348 e. The molecule has 0 unspecified atom stereocenters. The first-order valence-corrected chi connectivity index (χ1v) is 2.31. The number of ether oxygens (including phenoxy) is 2. The van der Waals surface area contributed by atoms with Gasteiger partial charge >= 0.3 is 5.97 Å². The Labute approximate surface area is 51.7 Å². The van der Waals surface area contributed by atoms with E-state index in [1.807, 2.05) is 0 Å². The van der Waals surface area contributed by atoms with E-state index >= 15 is 0 Å².